The third kappa shape index (κ3) is 3.00. The molecule has 0 aliphatic carbocycles. The second kappa shape index (κ2) is 5.39. The van der Waals surface area contributed by atoms with Crippen LogP contribution >= 0.6 is 0 Å². The van der Waals surface area contributed by atoms with Gasteiger partial charge in [0.25, 0.3) is 0 Å². The first-order chi connectivity index (χ1) is 9.41. The van der Waals surface area contributed by atoms with Gasteiger partial charge < -0.3 is 9.15 Å². The van der Waals surface area contributed by atoms with E-state index in [9.17, 15) is 13.2 Å². The van der Waals surface area contributed by atoms with E-state index < -0.39 is 16.0 Å². The summed E-state index contributed by atoms with van der Waals surface area (Å²) in [5.41, 5.74) is 0.459. The van der Waals surface area contributed by atoms with Crippen molar-refractivity contribution in [3.05, 3.63) is 30.2 Å². The molecule has 0 unspecified atom stereocenters. The summed E-state index contributed by atoms with van der Waals surface area (Å²) in [5, 5.41) is 12.2. The Labute approximate surface area is 114 Å². The smallest absolute Gasteiger partial charge is 0.396 e. The first-order valence-electron chi connectivity index (χ1n) is 5.55. The molecule has 0 aliphatic rings. The Bertz CT molecular complexity index is 721. The zero-order chi connectivity index (χ0) is 14.8. The number of hydrogen-bond acceptors (Lipinski definition) is 7. The number of rotatable bonds is 4. The summed E-state index contributed by atoms with van der Waals surface area (Å²) >= 11 is 0. The van der Waals surface area contributed by atoms with E-state index in [-0.39, 0.29) is 23.3 Å². The molecule has 2 rings (SSSR count). The molecule has 0 saturated heterocycles. The number of ether oxygens (including phenoxy) is 1. The Hall–Kier alpha value is -2.26. The predicted octanol–water partition coefficient (Wildman–Crippen LogP) is 0.561. The summed E-state index contributed by atoms with van der Waals surface area (Å²) in [6.45, 7) is 1.85. The molecule has 106 valence electrons. The summed E-state index contributed by atoms with van der Waals surface area (Å²) in [5.74, 6) is -0.904. The van der Waals surface area contributed by atoms with Gasteiger partial charge in [0.2, 0.25) is 15.9 Å². The number of sulfonamides is 1. The number of nitrogens with two attached hydrogens (primary N) is 1. The van der Waals surface area contributed by atoms with Crippen molar-refractivity contribution in [2.45, 2.75) is 11.8 Å². The van der Waals surface area contributed by atoms with Crippen LogP contribution in [0.4, 0.5) is 0 Å². The summed E-state index contributed by atoms with van der Waals surface area (Å²) in [7, 11) is -3.76. The summed E-state index contributed by atoms with van der Waals surface area (Å²) in [4.78, 5) is 11.3. The van der Waals surface area contributed by atoms with Crippen molar-refractivity contribution in [1.82, 2.24) is 10.2 Å². The number of carbonyl (C=O) groups is 1. The van der Waals surface area contributed by atoms with Gasteiger partial charge in [0.15, 0.2) is 0 Å². The molecule has 0 spiro atoms. The van der Waals surface area contributed by atoms with Crippen molar-refractivity contribution in [2.24, 2.45) is 5.14 Å². The van der Waals surface area contributed by atoms with Gasteiger partial charge in [-0.2, -0.15) is 0 Å². The van der Waals surface area contributed by atoms with Gasteiger partial charge in [-0.15, -0.1) is 10.2 Å². The fourth-order valence-electron chi connectivity index (χ4n) is 1.40. The van der Waals surface area contributed by atoms with Gasteiger partial charge in [-0.25, -0.2) is 18.4 Å². The average molecular weight is 297 g/mol. The van der Waals surface area contributed by atoms with Crippen LogP contribution in [0, 0.1) is 0 Å². The molecule has 20 heavy (non-hydrogen) atoms. The van der Waals surface area contributed by atoms with Crippen molar-refractivity contribution >= 4 is 16.0 Å². The highest BCUT2D eigenvalue weighted by Gasteiger charge is 2.17. The van der Waals surface area contributed by atoms with E-state index >= 15 is 0 Å². The van der Waals surface area contributed by atoms with E-state index in [0.29, 0.717) is 5.56 Å². The number of carbonyl (C=O) groups excluding carboxylic acids is 1. The number of benzene rings is 1. The lowest BCUT2D eigenvalue weighted by atomic mass is 10.2. The standard InChI is InChI=1S/C11H11N3O5S/c1-2-18-11(15)10-14-13-9(19-10)7-3-5-8(6-4-7)20(12,16)17/h3-6H,2H2,1H3,(H2,12,16,17). The maximum Gasteiger partial charge on any atom is 0.396 e. The Balaban J connectivity index is 2.27. The van der Waals surface area contributed by atoms with E-state index in [1.54, 1.807) is 6.92 Å². The molecule has 1 aromatic carbocycles. The monoisotopic (exact) mass is 297 g/mol. The molecule has 0 bridgehead atoms. The second-order valence-corrected chi connectivity index (χ2v) is 5.26. The zero-order valence-corrected chi connectivity index (χ0v) is 11.3. The van der Waals surface area contributed by atoms with Gasteiger partial charge in [-0.3, -0.25) is 0 Å². The number of primary sulfonamides is 1. The van der Waals surface area contributed by atoms with Crippen molar-refractivity contribution in [3.8, 4) is 11.5 Å². The van der Waals surface area contributed by atoms with Crippen LogP contribution in [0.3, 0.4) is 0 Å². The highest BCUT2D eigenvalue weighted by molar-refractivity contribution is 7.89. The van der Waals surface area contributed by atoms with Gasteiger partial charge >= 0.3 is 11.9 Å². The second-order valence-electron chi connectivity index (χ2n) is 3.70. The minimum atomic E-state index is -3.76. The maximum absolute atomic E-state index is 11.4. The predicted molar refractivity (Wildman–Crippen MR) is 67.1 cm³/mol. The number of nitrogens with zero attached hydrogens (tertiary/aromatic N) is 2. The third-order valence-corrected chi connectivity index (χ3v) is 3.23. The van der Waals surface area contributed by atoms with Crippen molar-refractivity contribution in [2.75, 3.05) is 6.61 Å². The fraction of sp³-hybridized carbons (Fsp3) is 0.182. The van der Waals surface area contributed by atoms with E-state index in [0.717, 1.165) is 0 Å². The molecular formula is C11H11N3O5S. The maximum atomic E-state index is 11.4. The molecule has 0 radical (unpaired) electrons. The van der Waals surface area contributed by atoms with Crippen molar-refractivity contribution < 1.29 is 22.4 Å². The van der Waals surface area contributed by atoms with Crippen LogP contribution in [0.1, 0.15) is 17.6 Å². The molecule has 0 atom stereocenters. The summed E-state index contributed by atoms with van der Waals surface area (Å²) in [6, 6.07) is 5.50. The largest absolute Gasteiger partial charge is 0.459 e. The van der Waals surface area contributed by atoms with Gasteiger partial charge in [0, 0.05) is 5.56 Å². The van der Waals surface area contributed by atoms with Crippen LogP contribution in [0.2, 0.25) is 0 Å². The highest BCUT2D eigenvalue weighted by Crippen LogP contribution is 2.19. The number of esters is 1. The fourth-order valence-corrected chi connectivity index (χ4v) is 1.92. The Morgan fingerprint density at radius 3 is 2.50 bits per heavy atom. The van der Waals surface area contributed by atoms with E-state index in [2.05, 4.69) is 10.2 Å². The summed E-state index contributed by atoms with van der Waals surface area (Å²) in [6.07, 6.45) is 0. The molecule has 2 N–H and O–H groups in total. The van der Waals surface area contributed by atoms with Crippen LogP contribution < -0.4 is 5.14 Å². The molecule has 0 amide bonds. The minimum Gasteiger partial charge on any atom is -0.459 e. The summed E-state index contributed by atoms with van der Waals surface area (Å²) < 4.78 is 32.1. The molecule has 0 saturated carbocycles. The molecule has 2 aromatic rings. The van der Waals surface area contributed by atoms with Crippen LogP contribution in [-0.2, 0) is 14.8 Å². The quantitative estimate of drug-likeness (QED) is 0.817. The Morgan fingerprint density at radius 1 is 1.30 bits per heavy atom. The topological polar surface area (TPSA) is 125 Å². The van der Waals surface area contributed by atoms with Gasteiger partial charge in [-0.1, -0.05) is 0 Å². The average Bonchev–Trinajstić information content (AvgIpc) is 2.88. The molecule has 0 fully saturated rings. The van der Waals surface area contributed by atoms with Crippen molar-refractivity contribution in [3.63, 3.8) is 0 Å². The lowest BCUT2D eigenvalue weighted by Crippen LogP contribution is -2.11. The lowest BCUT2D eigenvalue weighted by Gasteiger charge is -1.98. The molecule has 1 heterocycles. The van der Waals surface area contributed by atoms with Gasteiger partial charge in [-0.05, 0) is 31.2 Å². The number of hydrogen-bond donors (Lipinski definition) is 1. The van der Waals surface area contributed by atoms with Crippen molar-refractivity contribution in [1.29, 1.82) is 0 Å². The van der Waals surface area contributed by atoms with Gasteiger partial charge in [0.05, 0.1) is 11.5 Å². The van der Waals surface area contributed by atoms with E-state index in [4.69, 9.17) is 14.3 Å². The minimum absolute atomic E-state index is 0.0358. The first-order valence-corrected chi connectivity index (χ1v) is 7.10. The van der Waals surface area contributed by atoms with Gasteiger partial charge in [0.1, 0.15) is 0 Å². The van der Waals surface area contributed by atoms with Crippen LogP contribution in [0.5, 0.6) is 0 Å². The molecule has 0 aliphatic heterocycles. The Morgan fingerprint density at radius 2 is 1.95 bits per heavy atom. The number of aromatic nitrogens is 2. The van der Waals surface area contributed by atoms with Crippen LogP contribution in [0.15, 0.2) is 33.6 Å². The first kappa shape index (κ1) is 14.2. The van der Waals surface area contributed by atoms with Crippen LogP contribution in [0.25, 0.3) is 11.5 Å². The van der Waals surface area contributed by atoms with E-state index in [1.807, 2.05) is 0 Å². The Kier molecular flexibility index (Phi) is 3.81. The van der Waals surface area contributed by atoms with Crippen LogP contribution in [-0.4, -0.2) is 31.2 Å². The molecule has 8 nitrogen and oxygen atoms in total. The zero-order valence-electron chi connectivity index (χ0n) is 10.4. The van der Waals surface area contributed by atoms with E-state index in [1.165, 1.54) is 24.3 Å². The molecule has 9 heteroatoms. The lowest BCUT2D eigenvalue weighted by molar-refractivity contribution is 0.0481. The third-order valence-electron chi connectivity index (χ3n) is 2.30. The normalized spacial score (nSPS) is 11.3. The SMILES string of the molecule is CCOC(=O)c1nnc(-c2ccc(S(N)(=O)=O)cc2)o1. The highest BCUT2D eigenvalue weighted by atomic mass is 32.2. The molecule has 1 aromatic heterocycles. The molecular weight excluding hydrogens is 286 g/mol.